The normalized spacial score (nSPS) is 12.0. The maximum Gasteiger partial charge on any atom is 0.436 e. The number of aryl methyl sites for hydroxylation is 2. The van der Waals surface area contributed by atoms with Gasteiger partial charge in [-0.3, -0.25) is 9.48 Å². The Labute approximate surface area is 195 Å². The molecule has 2 heterocycles. The molecule has 0 atom stereocenters. The van der Waals surface area contributed by atoms with E-state index in [-0.39, 0.29) is 26.7 Å². The van der Waals surface area contributed by atoms with E-state index in [2.05, 4.69) is 41.0 Å². The van der Waals surface area contributed by atoms with Crippen molar-refractivity contribution in [3.63, 3.8) is 0 Å². The van der Waals surface area contributed by atoms with Crippen LogP contribution in [0.4, 0.5) is 24.8 Å². The van der Waals surface area contributed by atoms with Gasteiger partial charge in [-0.2, -0.15) is 18.3 Å². The standard InChI is InChI=1S/C19H18BrF3N6O3S/c1-10-8-11(2)25-18(24-10)28-33(31,32)14-6-4-13(5-7-14)26-15(30)9-29-12(3)16(20)17(27-29)19(21,22)23/h4-8H,9H2,1-3H3,(H,26,30)(H,24,25,28). The number of carbonyl (C=O) groups excluding carboxylic acids is 1. The average Bonchev–Trinajstić information content (AvgIpc) is 2.96. The third kappa shape index (κ3) is 5.87. The number of halogens is 4. The second-order valence-electron chi connectivity index (χ2n) is 7.06. The van der Waals surface area contributed by atoms with Crippen molar-refractivity contribution in [1.29, 1.82) is 0 Å². The summed E-state index contributed by atoms with van der Waals surface area (Å²) in [4.78, 5) is 20.2. The zero-order chi connectivity index (χ0) is 24.6. The summed E-state index contributed by atoms with van der Waals surface area (Å²) in [6.07, 6.45) is -4.66. The van der Waals surface area contributed by atoms with Gasteiger partial charge in [0.1, 0.15) is 6.54 Å². The van der Waals surface area contributed by atoms with Crippen LogP contribution in [0.15, 0.2) is 39.7 Å². The molecule has 14 heteroatoms. The van der Waals surface area contributed by atoms with Crippen LogP contribution in [0.2, 0.25) is 0 Å². The summed E-state index contributed by atoms with van der Waals surface area (Å²) in [5.41, 5.74) is 0.461. The van der Waals surface area contributed by atoms with Gasteiger partial charge in [-0.15, -0.1) is 0 Å². The van der Waals surface area contributed by atoms with Gasteiger partial charge in [-0.25, -0.2) is 23.1 Å². The maximum atomic E-state index is 13.0. The van der Waals surface area contributed by atoms with E-state index in [0.717, 1.165) is 4.68 Å². The molecule has 0 aliphatic heterocycles. The van der Waals surface area contributed by atoms with E-state index < -0.39 is 34.3 Å². The highest BCUT2D eigenvalue weighted by Gasteiger charge is 2.38. The van der Waals surface area contributed by atoms with Gasteiger partial charge < -0.3 is 5.32 Å². The van der Waals surface area contributed by atoms with Crippen LogP contribution in [0.25, 0.3) is 0 Å². The van der Waals surface area contributed by atoms with Crippen molar-refractivity contribution in [3.8, 4) is 0 Å². The van der Waals surface area contributed by atoms with Crippen molar-refractivity contribution in [2.75, 3.05) is 10.0 Å². The molecule has 176 valence electrons. The minimum absolute atomic E-state index is 0.0659. The van der Waals surface area contributed by atoms with E-state index in [1.807, 2.05) is 0 Å². The van der Waals surface area contributed by atoms with E-state index in [0.29, 0.717) is 11.4 Å². The number of amides is 1. The number of benzene rings is 1. The van der Waals surface area contributed by atoms with Crippen molar-refractivity contribution in [2.24, 2.45) is 0 Å². The summed E-state index contributed by atoms with van der Waals surface area (Å²) in [5.74, 6) is -0.706. The third-order valence-electron chi connectivity index (χ3n) is 4.35. The van der Waals surface area contributed by atoms with Gasteiger partial charge >= 0.3 is 6.18 Å². The molecule has 2 aromatic heterocycles. The fourth-order valence-corrected chi connectivity index (χ4v) is 4.32. The number of sulfonamides is 1. The smallest absolute Gasteiger partial charge is 0.324 e. The van der Waals surface area contributed by atoms with Crippen LogP contribution in [0.1, 0.15) is 22.8 Å². The highest BCUT2D eigenvalue weighted by atomic mass is 79.9. The van der Waals surface area contributed by atoms with Gasteiger partial charge in [0.2, 0.25) is 11.9 Å². The van der Waals surface area contributed by atoms with Crippen molar-refractivity contribution in [3.05, 3.63) is 57.6 Å². The summed E-state index contributed by atoms with van der Waals surface area (Å²) < 4.78 is 67.0. The van der Waals surface area contributed by atoms with Crippen molar-refractivity contribution in [1.82, 2.24) is 19.7 Å². The fraction of sp³-hybridized carbons (Fsp3) is 0.263. The lowest BCUT2D eigenvalue weighted by atomic mass is 10.3. The van der Waals surface area contributed by atoms with Gasteiger partial charge in [0.15, 0.2) is 5.69 Å². The number of rotatable bonds is 6. The molecule has 0 aliphatic rings. The number of hydrogen-bond acceptors (Lipinski definition) is 6. The molecular formula is C19H18BrF3N6O3S. The predicted octanol–water partition coefficient (Wildman–Crippen LogP) is 3.82. The number of anilines is 2. The Morgan fingerprint density at radius 2 is 1.67 bits per heavy atom. The van der Waals surface area contributed by atoms with Gasteiger partial charge in [0.05, 0.1) is 15.1 Å². The number of alkyl halides is 3. The van der Waals surface area contributed by atoms with Crippen LogP contribution < -0.4 is 10.0 Å². The minimum Gasteiger partial charge on any atom is -0.324 e. The predicted molar refractivity (Wildman–Crippen MR) is 117 cm³/mol. The second-order valence-corrected chi connectivity index (χ2v) is 9.53. The minimum atomic E-state index is -4.66. The van der Waals surface area contributed by atoms with Gasteiger partial charge in [0.25, 0.3) is 10.0 Å². The SMILES string of the molecule is Cc1cc(C)nc(NS(=O)(=O)c2ccc(NC(=O)Cn3nc(C(F)(F)F)c(Br)c3C)cc2)n1. The molecule has 0 radical (unpaired) electrons. The van der Waals surface area contributed by atoms with E-state index in [4.69, 9.17) is 0 Å². The molecule has 0 spiro atoms. The first-order valence-corrected chi connectivity index (χ1v) is 11.6. The van der Waals surface area contributed by atoms with E-state index in [9.17, 15) is 26.4 Å². The maximum absolute atomic E-state index is 13.0. The molecule has 0 saturated heterocycles. The van der Waals surface area contributed by atoms with Gasteiger partial charge in [-0.05, 0) is 67.0 Å². The molecule has 0 bridgehead atoms. The highest BCUT2D eigenvalue weighted by molar-refractivity contribution is 9.10. The zero-order valence-corrected chi connectivity index (χ0v) is 19.9. The first-order valence-electron chi connectivity index (χ1n) is 9.31. The quantitative estimate of drug-likeness (QED) is 0.485. The molecule has 0 aliphatic carbocycles. The molecule has 3 aromatic rings. The lowest BCUT2D eigenvalue weighted by Gasteiger charge is -2.10. The summed E-state index contributed by atoms with van der Waals surface area (Å²) in [7, 11) is -3.98. The van der Waals surface area contributed by atoms with E-state index in [1.54, 1.807) is 19.9 Å². The van der Waals surface area contributed by atoms with Crippen LogP contribution >= 0.6 is 15.9 Å². The Bertz CT molecular complexity index is 1290. The molecule has 0 unspecified atom stereocenters. The Kier molecular flexibility index (Phi) is 6.79. The van der Waals surface area contributed by atoms with Crippen LogP contribution in [-0.2, 0) is 27.5 Å². The fourth-order valence-electron chi connectivity index (χ4n) is 2.86. The number of hydrogen-bond donors (Lipinski definition) is 2. The summed E-state index contributed by atoms with van der Waals surface area (Å²) in [6.45, 7) is 4.34. The number of carbonyl (C=O) groups is 1. The van der Waals surface area contributed by atoms with E-state index >= 15 is 0 Å². The molecule has 2 N–H and O–H groups in total. The van der Waals surface area contributed by atoms with Crippen molar-refractivity contribution >= 4 is 43.5 Å². The van der Waals surface area contributed by atoms with Crippen LogP contribution in [0.5, 0.6) is 0 Å². The van der Waals surface area contributed by atoms with Crippen molar-refractivity contribution in [2.45, 2.75) is 38.4 Å². The topological polar surface area (TPSA) is 119 Å². The zero-order valence-electron chi connectivity index (χ0n) is 17.5. The molecular weight excluding hydrogens is 529 g/mol. The van der Waals surface area contributed by atoms with E-state index in [1.165, 1.54) is 31.2 Å². The average molecular weight is 547 g/mol. The van der Waals surface area contributed by atoms with Crippen LogP contribution in [0.3, 0.4) is 0 Å². The first kappa shape index (κ1) is 24.6. The highest BCUT2D eigenvalue weighted by Crippen LogP contribution is 2.35. The summed E-state index contributed by atoms with van der Waals surface area (Å²) in [5, 5.41) is 5.94. The monoisotopic (exact) mass is 546 g/mol. The van der Waals surface area contributed by atoms with Gasteiger partial charge in [-0.1, -0.05) is 0 Å². The molecule has 9 nitrogen and oxygen atoms in total. The lowest BCUT2D eigenvalue weighted by Crippen LogP contribution is -2.21. The molecule has 0 saturated carbocycles. The molecule has 0 fully saturated rings. The number of aromatic nitrogens is 4. The second kappa shape index (κ2) is 9.09. The van der Waals surface area contributed by atoms with Crippen LogP contribution in [-0.4, -0.2) is 34.1 Å². The Morgan fingerprint density at radius 1 is 1.09 bits per heavy atom. The molecule has 33 heavy (non-hydrogen) atoms. The molecule has 3 rings (SSSR count). The number of nitrogens with one attached hydrogen (secondary N) is 2. The van der Waals surface area contributed by atoms with Crippen LogP contribution in [0, 0.1) is 20.8 Å². The Hall–Kier alpha value is -3.00. The number of nitrogens with zero attached hydrogens (tertiary/aromatic N) is 4. The Morgan fingerprint density at radius 3 is 2.18 bits per heavy atom. The van der Waals surface area contributed by atoms with Gasteiger partial charge in [0, 0.05) is 17.1 Å². The molecule has 1 amide bonds. The lowest BCUT2D eigenvalue weighted by molar-refractivity contribution is -0.142. The Balaban J connectivity index is 1.70. The first-order chi connectivity index (χ1) is 15.3. The summed E-state index contributed by atoms with van der Waals surface area (Å²) >= 11 is 2.84. The third-order valence-corrected chi connectivity index (χ3v) is 6.65. The summed E-state index contributed by atoms with van der Waals surface area (Å²) in [6, 6.07) is 6.92. The van der Waals surface area contributed by atoms with Crippen molar-refractivity contribution < 1.29 is 26.4 Å². The largest absolute Gasteiger partial charge is 0.436 e. The molecule has 1 aromatic carbocycles.